The number of benzene rings is 3. The van der Waals surface area contributed by atoms with Gasteiger partial charge in [-0.25, -0.2) is 0 Å². The predicted octanol–water partition coefficient (Wildman–Crippen LogP) is 4.34. The van der Waals surface area contributed by atoms with Crippen LogP contribution in [0.4, 0.5) is 0 Å². The molecule has 0 bridgehead atoms. The molecular formula is C27H21N3O3. The van der Waals surface area contributed by atoms with E-state index in [4.69, 9.17) is 15.2 Å². The van der Waals surface area contributed by atoms with E-state index in [9.17, 15) is 10.1 Å². The van der Waals surface area contributed by atoms with Gasteiger partial charge in [-0.1, -0.05) is 54.6 Å². The molecule has 2 N–H and O–H groups in total. The molecule has 4 aromatic rings. The Kier molecular flexibility index (Phi) is 5.08. The quantitative estimate of drug-likeness (QED) is 0.515. The average Bonchev–Trinajstić information content (AvgIpc) is 2.86. The van der Waals surface area contributed by atoms with Gasteiger partial charge in [0.2, 0.25) is 5.88 Å². The van der Waals surface area contributed by atoms with Gasteiger partial charge >= 0.3 is 0 Å². The van der Waals surface area contributed by atoms with Crippen molar-refractivity contribution < 1.29 is 9.47 Å². The summed E-state index contributed by atoms with van der Waals surface area (Å²) < 4.78 is 13.4. The molecule has 1 aliphatic rings. The van der Waals surface area contributed by atoms with Crippen LogP contribution in [0.3, 0.4) is 0 Å². The minimum atomic E-state index is -0.665. The fraction of sp³-hybridized carbons (Fsp3) is 0.111. The average molecular weight is 435 g/mol. The first-order valence-electron chi connectivity index (χ1n) is 10.5. The molecule has 0 amide bonds. The Bertz CT molecular complexity index is 1500. The second kappa shape index (κ2) is 8.21. The van der Waals surface area contributed by atoms with Crippen LogP contribution in [0.25, 0.3) is 10.9 Å². The van der Waals surface area contributed by atoms with Crippen molar-refractivity contribution in [2.45, 2.75) is 12.5 Å². The number of pyridine rings is 1. The standard InChI is InChI=1S/C27H21N3O3/c1-30-22-13-6-5-12-20(22)25-24(27(30)31)23(21(15-28)26(29)33-25)18-10-7-11-19(14-18)32-16-17-8-3-2-4-9-17/h2-14,23H,16,29H2,1H3/t23-/m0/s1. The van der Waals surface area contributed by atoms with Crippen molar-refractivity contribution >= 4 is 10.9 Å². The van der Waals surface area contributed by atoms with Gasteiger partial charge in [-0.05, 0) is 35.4 Å². The van der Waals surface area contributed by atoms with Crippen molar-refractivity contribution in [2.24, 2.45) is 12.8 Å². The highest BCUT2D eigenvalue weighted by Gasteiger charge is 2.35. The molecule has 3 aromatic carbocycles. The van der Waals surface area contributed by atoms with Crippen molar-refractivity contribution in [3.63, 3.8) is 0 Å². The van der Waals surface area contributed by atoms with Crippen LogP contribution in [0.15, 0.2) is 95.1 Å². The third-order valence-corrected chi connectivity index (χ3v) is 5.90. The maximum atomic E-state index is 13.5. The number of nitrogens with two attached hydrogens (primary N) is 1. The number of allylic oxidation sites excluding steroid dienone is 1. The van der Waals surface area contributed by atoms with Crippen LogP contribution in [-0.4, -0.2) is 4.57 Å². The zero-order valence-corrected chi connectivity index (χ0v) is 18.0. The number of fused-ring (bicyclic) bond motifs is 3. The van der Waals surface area contributed by atoms with Gasteiger partial charge in [0.1, 0.15) is 29.7 Å². The molecule has 6 nitrogen and oxygen atoms in total. The van der Waals surface area contributed by atoms with E-state index in [-0.39, 0.29) is 17.0 Å². The molecule has 0 saturated carbocycles. The summed E-state index contributed by atoms with van der Waals surface area (Å²) >= 11 is 0. The van der Waals surface area contributed by atoms with Crippen LogP contribution >= 0.6 is 0 Å². The monoisotopic (exact) mass is 435 g/mol. The van der Waals surface area contributed by atoms with Gasteiger partial charge in [0.15, 0.2) is 0 Å². The van der Waals surface area contributed by atoms with Crippen LogP contribution in [0.5, 0.6) is 11.5 Å². The molecule has 6 heteroatoms. The Labute approximate surface area is 190 Å². The summed E-state index contributed by atoms with van der Waals surface area (Å²) in [7, 11) is 1.72. The van der Waals surface area contributed by atoms with E-state index in [0.29, 0.717) is 23.7 Å². The number of nitriles is 1. The highest BCUT2D eigenvalue weighted by atomic mass is 16.5. The molecule has 0 saturated heterocycles. The van der Waals surface area contributed by atoms with Crippen molar-refractivity contribution in [1.82, 2.24) is 4.57 Å². The number of ether oxygens (including phenoxy) is 2. The SMILES string of the molecule is Cn1c(=O)c2c(c3ccccc31)OC(N)=C(C#N)[C@@H]2c1cccc(OCc2ccccc2)c1. The number of hydrogen-bond acceptors (Lipinski definition) is 5. The number of aryl methyl sites for hydroxylation is 1. The van der Waals surface area contributed by atoms with Gasteiger partial charge in [0.05, 0.1) is 17.0 Å². The maximum absolute atomic E-state index is 13.5. The number of aromatic nitrogens is 1. The molecule has 0 fully saturated rings. The summed E-state index contributed by atoms with van der Waals surface area (Å²) in [6.45, 7) is 0.407. The predicted molar refractivity (Wildman–Crippen MR) is 126 cm³/mol. The molecule has 1 aromatic heterocycles. The molecule has 0 spiro atoms. The zero-order chi connectivity index (χ0) is 22.9. The van der Waals surface area contributed by atoms with E-state index in [2.05, 4.69) is 6.07 Å². The molecule has 2 heterocycles. The van der Waals surface area contributed by atoms with Gasteiger partial charge in [0, 0.05) is 12.4 Å². The van der Waals surface area contributed by atoms with Crippen LogP contribution < -0.4 is 20.8 Å². The lowest BCUT2D eigenvalue weighted by Gasteiger charge is -2.27. The summed E-state index contributed by atoms with van der Waals surface area (Å²) in [6.07, 6.45) is 0. The first-order chi connectivity index (χ1) is 16.1. The molecule has 1 atom stereocenters. The van der Waals surface area contributed by atoms with Gasteiger partial charge < -0.3 is 19.8 Å². The van der Waals surface area contributed by atoms with Crippen molar-refractivity contribution in [2.75, 3.05) is 0 Å². The molecule has 5 rings (SSSR count). The lowest BCUT2D eigenvalue weighted by atomic mass is 9.83. The summed E-state index contributed by atoms with van der Waals surface area (Å²) in [5.74, 6) is 0.370. The Morgan fingerprint density at radius 1 is 1.06 bits per heavy atom. The summed E-state index contributed by atoms with van der Waals surface area (Å²) in [5.41, 5.74) is 9.05. The van der Waals surface area contributed by atoms with E-state index < -0.39 is 5.92 Å². The van der Waals surface area contributed by atoms with E-state index >= 15 is 0 Å². The molecule has 0 radical (unpaired) electrons. The van der Waals surface area contributed by atoms with Crippen LogP contribution in [0.2, 0.25) is 0 Å². The Morgan fingerprint density at radius 2 is 1.82 bits per heavy atom. The smallest absolute Gasteiger partial charge is 0.258 e. The van der Waals surface area contributed by atoms with Gasteiger partial charge in [-0.2, -0.15) is 5.26 Å². The lowest BCUT2D eigenvalue weighted by molar-refractivity contribution is 0.306. The van der Waals surface area contributed by atoms with E-state index in [1.807, 2.05) is 78.9 Å². The third-order valence-electron chi connectivity index (χ3n) is 5.90. The molecule has 1 aliphatic heterocycles. The van der Waals surface area contributed by atoms with E-state index in [1.165, 1.54) is 0 Å². The largest absolute Gasteiger partial charge is 0.489 e. The van der Waals surface area contributed by atoms with Crippen molar-refractivity contribution in [1.29, 1.82) is 5.26 Å². The van der Waals surface area contributed by atoms with Gasteiger partial charge in [0.25, 0.3) is 5.56 Å². The molecular weight excluding hydrogens is 414 g/mol. The minimum Gasteiger partial charge on any atom is -0.489 e. The highest BCUT2D eigenvalue weighted by molar-refractivity contribution is 5.88. The first-order valence-corrected chi connectivity index (χ1v) is 10.5. The summed E-state index contributed by atoms with van der Waals surface area (Å²) in [6, 6.07) is 26.9. The van der Waals surface area contributed by atoms with Crippen LogP contribution in [0, 0.1) is 11.3 Å². The number of rotatable bonds is 4. The first kappa shape index (κ1) is 20.4. The fourth-order valence-electron chi connectivity index (χ4n) is 4.28. The number of nitrogens with zero attached hydrogens (tertiary/aromatic N) is 2. The Balaban J connectivity index is 1.64. The highest BCUT2D eigenvalue weighted by Crippen LogP contribution is 2.43. The Morgan fingerprint density at radius 3 is 2.61 bits per heavy atom. The minimum absolute atomic E-state index is 0.00372. The van der Waals surface area contributed by atoms with Gasteiger partial charge in [-0.15, -0.1) is 0 Å². The maximum Gasteiger partial charge on any atom is 0.258 e. The summed E-state index contributed by atoms with van der Waals surface area (Å²) in [5, 5.41) is 10.7. The molecule has 162 valence electrons. The molecule has 0 unspecified atom stereocenters. The molecule has 0 aliphatic carbocycles. The van der Waals surface area contributed by atoms with E-state index in [0.717, 1.165) is 22.0 Å². The van der Waals surface area contributed by atoms with Crippen molar-refractivity contribution in [3.05, 3.63) is 117 Å². The second-order valence-corrected chi connectivity index (χ2v) is 7.90. The van der Waals surface area contributed by atoms with Crippen LogP contribution in [-0.2, 0) is 13.7 Å². The van der Waals surface area contributed by atoms with E-state index in [1.54, 1.807) is 11.6 Å². The summed E-state index contributed by atoms with van der Waals surface area (Å²) in [4.78, 5) is 13.5. The van der Waals surface area contributed by atoms with Crippen molar-refractivity contribution in [3.8, 4) is 17.6 Å². The number of hydrogen-bond donors (Lipinski definition) is 1. The normalized spacial score (nSPS) is 15.0. The van der Waals surface area contributed by atoms with Crippen LogP contribution in [0.1, 0.15) is 22.6 Å². The second-order valence-electron chi connectivity index (χ2n) is 7.90. The topological polar surface area (TPSA) is 90.3 Å². The number of para-hydroxylation sites is 1. The lowest BCUT2D eigenvalue weighted by Crippen LogP contribution is -2.31. The zero-order valence-electron chi connectivity index (χ0n) is 18.0. The third kappa shape index (κ3) is 3.50. The molecule has 33 heavy (non-hydrogen) atoms. The Hall–Kier alpha value is -4.50. The fourth-order valence-corrected chi connectivity index (χ4v) is 4.28. The van der Waals surface area contributed by atoms with Gasteiger partial charge in [-0.3, -0.25) is 4.79 Å².